The fraction of sp³-hybridized carbons (Fsp3) is 0.250. The molecule has 1 saturated heterocycles. The Bertz CT molecular complexity index is 863. The highest BCUT2D eigenvalue weighted by atomic mass is 35.5. The summed E-state index contributed by atoms with van der Waals surface area (Å²) in [5.41, 5.74) is 1.19. The Morgan fingerprint density at radius 1 is 1.26 bits per heavy atom. The highest BCUT2D eigenvalue weighted by Gasteiger charge is 2.36. The minimum absolute atomic E-state index is 0.113. The standard InChI is InChI=1S/C16H14ClN3O2S/c17-15-10-14(4-3-13(15)11-18)23(21,22)20-9-1-2-16(20)12-5-7-19-8-6-12/h3-8,10,16H,1-2,9H2/t16-/m0/s1. The second-order valence-corrected chi connectivity index (χ2v) is 7.61. The van der Waals surface area contributed by atoms with Gasteiger partial charge in [-0.3, -0.25) is 4.98 Å². The van der Waals surface area contributed by atoms with E-state index in [0.29, 0.717) is 6.54 Å². The van der Waals surface area contributed by atoms with Gasteiger partial charge >= 0.3 is 0 Å². The topological polar surface area (TPSA) is 74.1 Å². The summed E-state index contributed by atoms with van der Waals surface area (Å²) in [5, 5.41) is 9.06. The number of nitriles is 1. The molecule has 2 heterocycles. The number of hydrogen-bond acceptors (Lipinski definition) is 4. The van der Waals surface area contributed by atoms with E-state index in [2.05, 4.69) is 4.98 Å². The van der Waals surface area contributed by atoms with E-state index in [9.17, 15) is 8.42 Å². The highest BCUT2D eigenvalue weighted by molar-refractivity contribution is 7.89. The van der Waals surface area contributed by atoms with Crippen molar-refractivity contribution in [3.63, 3.8) is 0 Å². The number of hydrogen-bond donors (Lipinski definition) is 0. The van der Waals surface area contributed by atoms with Crippen LogP contribution < -0.4 is 0 Å². The van der Waals surface area contributed by atoms with Gasteiger partial charge in [0.05, 0.1) is 21.5 Å². The summed E-state index contributed by atoms with van der Waals surface area (Å²) < 4.78 is 27.4. The van der Waals surface area contributed by atoms with Gasteiger partial charge in [0, 0.05) is 18.9 Å². The van der Waals surface area contributed by atoms with Crippen molar-refractivity contribution in [3.05, 3.63) is 58.9 Å². The summed E-state index contributed by atoms with van der Waals surface area (Å²) >= 11 is 5.98. The smallest absolute Gasteiger partial charge is 0.243 e. The Hall–Kier alpha value is -1.94. The summed E-state index contributed by atoms with van der Waals surface area (Å²) in [6.45, 7) is 0.465. The fourth-order valence-corrected chi connectivity index (χ4v) is 4.83. The van der Waals surface area contributed by atoms with Crippen molar-refractivity contribution in [1.82, 2.24) is 9.29 Å². The molecule has 1 atom stereocenters. The van der Waals surface area contributed by atoms with Crippen molar-refractivity contribution < 1.29 is 8.42 Å². The Kier molecular flexibility index (Phi) is 4.35. The minimum atomic E-state index is -3.66. The van der Waals surface area contributed by atoms with E-state index in [0.717, 1.165) is 18.4 Å². The monoisotopic (exact) mass is 347 g/mol. The van der Waals surface area contributed by atoms with Crippen LogP contribution in [0.3, 0.4) is 0 Å². The molecule has 7 heteroatoms. The van der Waals surface area contributed by atoms with Gasteiger partial charge in [0.25, 0.3) is 0 Å². The number of halogens is 1. The van der Waals surface area contributed by atoms with Crippen LogP contribution in [0.2, 0.25) is 5.02 Å². The zero-order chi connectivity index (χ0) is 16.4. The lowest BCUT2D eigenvalue weighted by Crippen LogP contribution is -2.30. The van der Waals surface area contributed by atoms with Gasteiger partial charge in [0.2, 0.25) is 10.0 Å². The molecule has 1 aromatic heterocycles. The van der Waals surface area contributed by atoms with Crippen molar-refractivity contribution in [2.45, 2.75) is 23.8 Å². The van der Waals surface area contributed by atoms with Crippen molar-refractivity contribution in [1.29, 1.82) is 5.26 Å². The number of pyridine rings is 1. The first-order valence-corrected chi connectivity index (χ1v) is 8.97. The van der Waals surface area contributed by atoms with Crippen molar-refractivity contribution in [2.24, 2.45) is 0 Å². The van der Waals surface area contributed by atoms with E-state index >= 15 is 0 Å². The van der Waals surface area contributed by atoms with Gasteiger partial charge < -0.3 is 0 Å². The average Bonchev–Trinajstić information content (AvgIpc) is 3.06. The maximum Gasteiger partial charge on any atom is 0.243 e. The van der Waals surface area contributed by atoms with Gasteiger partial charge in [-0.2, -0.15) is 9.57 Å². The average molecular weight is 348 g/mol. The molecular weight excluding hydrogens is 334 g/mol. The predicted octanol–water partition coefficient (Wildman–Crippen LogP) is 3.13. The van der Waals surface area contributed by atoms with E-state index in [4.69, 9.17) is 16.9 Å². The summed E-state index contributed by atoms with van der Waals surface area (Å²) in [4.78, 5) is 4.09. The lowest BCUT2D eigenvalue weighted by molar-refractivity contribution is 0.396. The molecule has 0 saturated carbocycles. The number of rotatable bonds is 3. The van der Waals surface area contributed by atoms with Crippen LogP contribution in [0, 0.1) is 11.3 Å². The molecule has 0 radical (unpaired) electrons. The summed E-state index contributed by atoms with van der Waals surface area (Å²) in [7, 11) is -3.66. The molecule has 0 amide bonds. The van der Waals surface area contributed by atoms with Gasteiger partial charge in [-0.05, 0) is 48.7 Å². The molecule has 0 aliphatic carbocycles. The maximum absolute atomic E-state index is 12.9. The Morgan fingerprint density at radius 2 is 2.00 bits per heavy atom. The SMILES string of the molecule is N#Cc1ccc(S(=O)(=O)N2CCC[C@H]2c2ccncc2)cc1Cl. The molecule has 1 aliphatic rings. The molecule has 5 nitrogen and oxygen atoms in total. The molecule has 1 fully saturated rings. The minimum Gasteiger partial charge on any atom is -0.265 e. The van der Waals surface area contributed by atoms with Crippen LogP contribution in [0.25, 0.3) is 0 Å². The molecule has 1 aliphatic heterocycles. The number of sulfonamides is 1. The Morgan fingerprint density at radius 3 is 2.65 bits per heavy atom. The van der Waals surface area contributed by atoms with E-state index in [1.54, 1.807) is 12.4 Å². The molecule has 118 valence electrons. The Labute approximate surface area is 140 Å². The van der Waals surface area contributed by atoms with Crippen molar-refractivity contribution >= 4 is 21.6 Å². The van der Waals surface area contributed by atoms with E-state index in [1.807, 2.05) is 18.2 Å². The molecule has 0 spiro atoms. The van der Waals surface area contributed by atoms with Gasteiger partial charge in [0.1, 0.15) is 6.07 Å². The van der Waals surface area contributed by atoms with Crippen LogP contribution in [0.15, 0.2) is 47.6 Å². The zero-order valence-corrected chi connectivity index (χ0v) is 13.8. The lowest BCUT2D eigenvalue weighted by atomic mass is 10.1. The van der Waals surface area contributed by atoms with E-state index in [-0.39, 0.29) is 21.5 Å². The molecule has 3 rings (SSSR count). The first kappa shape index (κ1) is 15.9. The first-order chi connectivity index (χ1) is 11.0. The van der Waals surface area contributed by atoms with Crippen LogP contribution in [0.5, 0.6) is 0 Å². The number of benzene rings is 1. The third-order valence-corrected chi connectivity index (χ3v) is 6.18. The first-order valence-electron chi connectivity index (χ1n) is 7.15. The summed E-state index contributed by atoms with van der Waals surface area (Å²) in [6.07, 6.45) is 4.90. The second kappa shape index (κ2) is 6.28. The van der Waals surface area contributed by atoms with Crippen LogP contribution in [0.4, 0.5) is 0 Å². The lowest BCUT2D eigenvalue weighted by Gasteiger charge is -2.24. The third kappa shape index (κ3) is 2.95. The normalized spacial score (nSPS) is 18.7. The van der Waals surface area contributed by atoms with Crippen molar-refractivity contribution in [2.75, 3.05) is 6.54 Å². The molecule has 1 aromatic carbocycles. The van der Waals surface area contributed by atoms with Crippen LogP contribution in [0.1, 0.15) is 30.0 Å². The molecule has 2 aromatic rings. The summed E-state index contributed by atoms with van der Waals surface area (Å²) in [5.74, 6) is 0. The third-order valence-electron chi connectivity index (χ3n) is 3.96. The predicted molar refractivity (Wildman–Crippen MR) is 86.3 cm³/mol. The molecule has 0 N–H and O–H groups in total. The van der Waals surface area contributed by atoms with Gasteiger partial charge in [-0.1, -0.05) is 11.6 Å². The molecule has 23 heavy (non-hydrogen) atoms. The number of nitrogens with zero attached hydrogens (tertiary/aromatic N) is 3. The van der Waals surface area contributed by atoms with E-state index < -0.39 is 10.0 Å². The largest absolute Gasteiger partial charge is 0.265 e. The van der Waals surface area contributed by atoms with Crippen LogP contribution in [-0.4, -0.2) is 24.3 Å². The molecular formula is C16H14ClN3O2S. The highest BCUT2D eigenvalue weighted by Crippen LogP contribution is 2.36. The second-order valence-electron chi connectivity index (χ2n) is 5.31. The zero-order valence-electron chi connectivity index (χ0n) is 12.2. The summed E-state index contributed by atoms with van der Waals surface area (Å²) in [6, 6.07) is 9.62. The van der Waals surface area contributed by atoms with Gasteiger partial charge in [0.15, 0.2) is 0 Å². The number of aromatic nitrogens is 1. The molecule has 0 unspecified atom stereocenters. The van der Waals surface area contributed by atoms with Gasteiger partial charge in [-0.25, -0.2) is 8.42 Å². The Balaban J connectivity index is 1.99. The molecule has 0 bridgehead atoms. The van der Waals surface area contributed by atoms with Crippen LogP contribution >= 0.6 is 11.6 Å². The maximum atomic E-state index is 12.9. The van der Waals surface area contributed by atoms with Crippen LogP contribution in [-0.2, 0) is 10.0 Å². The fourth-order valence-electron chi connectivity index (χ4n) is 2.83. The van der Waals surface area contributed by atoms with E-state index in [1.165, 1.54) is 22.5 Å². The van der Waals surface area contributed by atoms with Gasteiger partial charge in [-0.15, -0.1) is 0 Å². The quantitative estimate of drug-likeness (QED) is 0.854. The van der Waals surface area contributed by atoms with Crippen molar-refractivity contribution in [3.8, 4) is 6.07 Å².